The predicted molar refractivity (Wildman–Crippen MR) is 94.5 cm³/mol. The molecule has 2 heterocycles. The molecule has 0 aliphatic rings. The second kappa shape index (κ2) is 7.50. The van der Waals surface area contributed by atoms with Crippen molar-refractivity contribution in [1.29, 1.82) is 0 Å². The van der Waals surface area contributed by atoms with Crippen LogP contribution in [0.5, 0.6) is 5.75 Å². The molecule has 0 radical (unpaired) electrons. The van der Waals surface area contributed by atoms with Gasteiger partial charge in [-0.05, 0) is 25.1 Å². The van der Waals surface area contributed by atoms with Gasteiger partial charge in [-0.15, -0.1) is 0 Å². The summed E-state index contributed by atoms with van der Waals surface area (Å²) in [6.07, 6.45) is 4.80. The van der Waals surface area contributed by atoms with E-state index in [-0.39, 0.29) is 12.5 Å². The fourth-order valence-electron chi connectivity index (χ4n) is 2.08. The number of carbonyl (C=O) groups excluding carboxylic acids is 1. The summed E-state index contributed by atoms with van der Waals surface area (Å²) < 4.78 is 7.17. The van der Waals surface area contributed by atoms with E-state index in [9.17, 15) is 4.79 Å². The number of carbonyl (C=O) groups is 1. The van der Waals surface area contributed by atoms with Crippen LogP contribution >= 0.6 is 23.2 Å². The average Bonchev–Trinajstić information content (AvgIpc) is 3.00. The molecule has 3 rings (SSSR count). The van der Waals surface area contributed by atoms with Crippen molar-refractivity contribution in [2.24, 2.45) is 0 Å². The summed E-state index contributed by atoms with van der Waals surface area (Å²) in [5.41, 5.74) is 0. The number of imidazole rings is 1. The molecular formula is C16H13Cl2N5O2. The van der Waals surface area contributed by atoms with Crippen LogP contribution in [0.3, 0.4) is 0 Å². The number of anilines is 1. The molecule has 128 valence electrons. The first-order valence-corrected chi connectivity index (χ1v) is 7.98. The van der Waals surface area contributed by atoms with Crippen LogP contribution in [0, 0.1) is 6.92 Å². The molecule has 9 heteroatoms. The van der Waals surface area contributed by atoms with Crippen LogP contribution in [-0.2, 0) is 4.79 Å². The minimum Gasteiger partial charge on any atom is -0.482 e. The summed E-state index contributed by atoms with van der Waals surface area (Å²) in [5.74, 6) is 1.73. The number of nitrogens with one attached hydrogen (secondary N) is 1. The monoisotopic (exact) mass is 377 g/mol. The summed E-state index contributed by atoms with van der Waals surface area (Å²) in [4.78, 5) is 24.4. The van der Waals surface area contributed by atoms with Crippen LogP contribution in [-0.4, -0.2) is 32.0 Å². The van der Waals surface area contributed by atoms with Crippen molar-refractivity contribution in [2.75, 3.05) is 11.9 Å². The average molecular weight is 378 g/mol. The maximum Gasteiger partial charge on any atom is 0.263 e. The molecular weight excluding hydrogens is 365 g/mol. The molecule has 0 spiro atoms. The molecule has 0 aliphatic heterocycles. The Morgan fingerprint density at radius 2 is 2.08 bits per heavy atom. The molecule has 25 heavy (non-hydrogen) atoms. The third-order valence-electron chi connectivity index (χ3n) is 3.25. The molecule has 0 aliphatic carbocycles. The lowest BCUT2D eigenvalue weighted by molar-refractivity contribution is -0.118. The number of ether oxygens (including phenoxy) is 1. The fourth-order valence-corrected chi connectivity index (χ4v) is 2.54. The van der Waals surface area contributed by atoms with Gasteiger partial charge in [0.2, 0.25) is 0 Å². The predicted octanol–water partition coefficient (Wildman–Crippen LogP) is 3.30. The van der Waals surface area contributed by atoms with Gasteiger partial charge in [-0.1, -0.05) is 23.2 Å². The molecule has 1 amide bonds. The van der Waals surface area contributed by atoms with Gasteiger partial charge in [-0.25, -0.2) is 15.0 Å². The van der Waals surface area contributed by atoms with E-state index in [1.165, 1.54) is 6.33 Å². The normalized spacial score (nSPS) is 10.5. The second-order valence-corrected chi connectivity index (χ2v) is 5.86. The van der Waals surface area contributed by atoms with Crippen molar-refractivity contribution in [3.8, 4) is 11.6 Å². The number of aryl methyl sites for hydroxylation is 1. The minimum atomic E-state index is -0.377. The van der Waals surface area contributed by atoms with Crippen LogP contribution in [0.2, 0.25) is 10.0 Å². The third kappa shape index (κ3) is 4.26. The third-order valence-corrected chi connectivity index (χ3v) is 3.78. The van der Waals surface area contributed by atoms with E-state index in [1.807, 2.05) is 6.92 Å². The van der Waals surface area contributed by atoms with E-state index in [1.54, 1.807) is 41.2 Å². The van der Waals surface area contributed by atoms with E-state index in [4.69, 9.17) is 27.9 Å². The van der Waals surface area contributed by atoms with Gasteiger partial charge in [0, 0.05) is 23.5 Å². The number of hydrogen-bond donors (Lipinski definition) is 1. The number of hydrogen-bond acceptors (Lipinski definition) is 5. The minimum absolute atomic E-state index is 0.217. The zero-order valence-electron chi connectivity index (χ0n) is 13.1. The van der Waals surface area contributed by atoms with Crippen molar-refractivity contribution in [3.05, 3.63) is 58.9 Å². The molecule has 7 nitrogen and oxygen atoms in total. The zero-order valence-corrected chi connectivity index (χ0v) is 14.6. The summed E-state index contributed by atoms with van der Waals surface area (Å²) in [7, 11) is 0. The van der Waals surface area contributed by atoms with E-state index >= 15 is 0 Å². The largest absolute Gasteiger partial charge is 0.482 e. The molecule has 1 N–H and O–H groups in total. The molecule has 0 bridgehead atoms. The molecule has 0 atom stereocenters. The maximum absolute atomic E-state index is 12.0. The molecule has 0 unspecified atom stereocenters. The van der Waals surface area contributed by atoms with Crippen molar-refractivity contribution in [1.82, 2.24) is 19.5 Å². The van der Waals surface area contributed by atoms with Crippen LogP contribution < -0.4 is 10.1 Å². The van der Waals surface area contributed by atoms with Crippen LogP contribution in [0.25, 0.3) is 5.82 Å². The number of halogens is 2. The fraction of sp³-hybridized carbons (Fsp3) is 0.125. The van der Waals surface area contributed by atoms with Crippen LogP contribution in [0.4, 0.5) is 5.82 Å². The Morgan fingerprint density at radius 1 is 1.24 bits per heavy atom. The molecule has 2 aromatic heterocycles. The molecule has 0 fully saturated rings. The lowest BCUT2D eigenvalue weighted by Gasteiger charge is -2.09. The highest BCUT2D eigenvalue weighted by Gasteiger charge is 2.09. The van der Waals surface area contributed by atoms with E-state index < -0.39 is 0 Å². The topological polar surface area (TPSA) is 81.9 Å². The maximum atomic E-state index is 12.0. The van der Waals surface area contributed by atoms with Gasteiger partial charge in [-0.3, -0.25) is 9.36 Å². The number of amides is 1. The quantitative estimate of drug-likeness (QED) is 0.737. The lowest BCUT2D eigenvalue weighted by Crippen LogP contribution is -2.21. The molecule has 0 saturated carbocycles. The molecule has 3 aromatic rings. The standard InChI is InChI=1S/C16H13Cl2N5O2/c1-10-19-4-5-23(10)15-7-14(20-9-21-15)22-16(24)8-25-13-3-2-11(17)6-12(13)18/h2-7,9H,8H2,1H3,(H,20,21,22,24). The van der Waals surface area contributed by atoms with E-state index in [0.29, 0.717) is 27.4 Å². The first kappa shape index (κ1) is 17.2. The number of aromatic nitrogens is 4. The Balaban J connectivity index is 1.64. The first-order valence-electron chi connectivity index (χ1n) is 7.23. The Labute approximate surface area is 153 Å². The lowest BCUT2D eigenvalue weighted by atomic mass is 10.3. The SMILES string of the molecule is Cc1nccn1-c1cc(NC(=O)COc2ccc(Cl)cc2Cl)ncn1. The first-order chi connectivity index (χ1) is 12.0. The highest BCUT2D eigenvalue weighted by atomic mass is 35.5. The zero-order chi connectivity index (χ0) is 17.8. The summed E-state index contributed by atoms with van der Waals surface area (Å²) in [5, 5.41) is 3.47. The van der Waals surface area contributed by atoms with Gasteiger partial charge in [0.1, 0.15) is 29.5 Å². The van der Waals surface area contributed by atoms with Crippen LogP contribution in [0.1, 0.15) is 5.82 Å². The number of nitrogens with zero attached hydrogens (tertiary/aromatic N) is 4. The highest BCUT2D eigenvalue weighted by Crippen LogP contribution is 2.27. The van der Waals surface area contributed by atoms with Crippen molar-refractivity contribution in [3.63, 3.8) is 0 Å². The smallest absolute Gasteiger partial charge is 0.263 e. The molecule has 0 saturated heterocycles. The van der Waals surface area contributed by atoms with Gasteiger partial charge in [0.15, 0.2) is 6.61 Å². The summed E-state index contributed by atoms with van der Waals surface area (Å²) in [6.45, 7) is 1.63. The van der Waals surface area contributed by atoms with Crippen molar-refractivity contribution in [2.45, 2.75) is 6.92 Å². The van der Waals surface area contributed by atoms with Gasteiger partial charge >= 0.3 is 0 Å². The van der Waals surface area contributed by atoms with Crippen molar-refractivity contribution < 1.29 is 9.53 Å². The number of benzene rings is 1. The van der Waals surface area contributed by atoms with Crippen molar-refractivity contribution >= 4 is 34.9 Å². The summed E-state index contributed by atoms with van der Waals surface area (Å²) >= 11 is 11.8. The van der Waals surface area contributed by atoms with Gasteiger partial charge in [0.05, 0.1) is 5.02 Å². The van der Waals surface area contributed by atoms with Gasteiger partial charge in [0.25, 0.3) is 5.91 Å². The van der Waals surface area contributed by atoms with E-state index in [2.05, 4.69) is 20.3 Å². The van der Waals surface area contributed by atoms with Gasteiger partial charge in [-0.2, -0.15) is 0 Å². The summed E-state index contributed by atoms with van der Waals surface area (Å²) in [6, 6.07) is 6.41. The Kier molecular flexibility index (Phi) is 5.16. The molecule has 1 aromatic carbocycles. The van der Waals surface area contributed by atoms with Gasteiger partial charge < -0.3 is 10.1 Å². The second-order valence-electron chi connectivity index (χ2n) is 5.02. The van der Waals surface area contributed by atoms with Crippen LogP contribution in [0.15, 0.2) is 43.0 Å². The Bertz CT molecular complexity index is 913. The Hall–Kier alpha value is -2.64. The van der Waals surface area contributed by atoms with E-state index in [0.717, 1.165) is 5.82 Å². The highest BCUT2D eigenvalue weighted by molar-refractivity contribution is 6.35. The number of rotatable bonds is 5. The Morgan fingerprint density at radius 3 is 2.80 bits per heavy atom.